The molecule has 3 fully saturated rings. The van der Waals surface area contributed by atoms with E-state index in [4.69, 9.17) is 47.4 Å². The van der Waals surface area contributed by atoms with Gasteiger partial charge in [0.25, 0.3) is 0 Å². The minimum absolute atomic E-state index is 0.00434. The average molecular weight is 1710 g/mol. The number of rotatable bonds is 63. The highest BCUT2D eigenvalue weighted by molar-refractivity contribution is 7.58. The summed E-state index contributed by atoms with van der Waals surface area (Å²) in [4.78, 5) is 151. The Morgan fingerprint density at radius 1 is 0.350 bits per heavy atom. The van der Waals surface area contributed by atoms with Crippen LogP contribution in [0.15, 0.2) is 0 Å². The van der Waals surface area contributed by atoms with E-state index in [0.717, 1.165) is 0 Å². The standard InChI is InChI=1S/C73H132N11O32P/c1-45(2)117(105,106)44-110-31-13-7-6-10-27-79-69(103)49(17-8-11-25-74-54(91)19-14-21-56(93)76-28-32-107-35-38-111-71-60(80-46(3)88)66(100)63(97)51(41-85)114-71)84-70(104)50(83-59(96)24-16-23-58(95)78-30-34-109-37-40-113-73-62(82-48(5)90)68(102)65(99)53(43-87)116-73)18-9-12-26-75-55(92)20-15-22-57(94)77-29-33-108-36-39-112-72-61(81-47(4)89)67(101)64(98)52(42-86)115-72/h45,49-53,60-68,71-73,85-87,97-102H,6-44H2,1-5H3,(H,74,91)(H,75,92)(H,76,93)(H,77,94)(H,78,95)(H,79,103)(H,80,88)(H,81,89)(H,82,90)(H,83,96)(H,84,104)(H,105,106)/t49-,50-,51?,52?,53?,60?,61?,62?,63?,64?,65?,66?,67?,68?,71?,72?,73?/m0/s1. The van der Waals surface area contributed by atoms with Gasteiger partial charge in [-0.1, -0.05) is 26.7 Å². The second-order valence-electron chi connectivity index (χ2n) is 28.8. The highest BCUT2D eigenvalue weighted by Gasteiger charge is 2.48. The summed E-state index contributed by atoms with van der Waals surface area (Å²) in [6.45, 7) is 6.22. The molecule has 44 heteroatoms. The molecular weight excluding hydrogens is 1570 g/mol. The lowest BCUT2D eigenvalue weighted by Gasteiger charge is -2.42. The van der Waals surface area contributed by atoms with Crippen molar-refractivity contribution < 1.29 is 156 Å². The molecule has 3 saturated heterocycles. The summed E-state index contributed by atoms with van der Waals surface area (Å²) in [5, 5.41) is 120. The van der Waals surface area contributed by atoms with Crippen LogP contribution in [0.25, 0.3) is 0 Å². The fourth-order valence-electron chi connectivity index (χ4n) is 12.1. The van der Waals surface area contributed by atoms with Crippen molar-refractivity contribution in [3.8, 4) is 0 Å². The number of carbonyl (C=O) groups is 11. The zero-order valence-electron chi connectivity index (χ0n) is 67.9. The number of nitrogens with one attached hydrogen (secondary N) is 11. The molecule has 0 aromatic heterocycles. The summed E-state index contributed by atoms with van der Waals surface area (Å²) in [6.07, 6.45) is -12.1. The second-order valence-corrected chi connectivity index (χ2v) is 31.6. The van der Waals surface area contributed by atoms with Crippen LogP contribution in [0.2, 0.25) is 0 Å². The van der Waals surface area contributed by atoms with E-state index in [1.165, 1.54) is 20.8 Å². The van der Waals surface area contributed by atoms with Crippen LogP contribution in [0, 0.1) is 0 Å². The molecule has 117 heavy (non-hydrogen) atoms. The van der Waals surface area contributed by atoms with E-state index < -0.39 is 178 Å². The number of carbonyl (C=O) groups excluding carboxylic acids is 11. The first-order chi connectivity index (χ1) is 55.8. The van der Waals surface area contributed by atoms with E-state index in [1.807, 2.05) is 0 Å². The Bertz CT molecular complexity index is 2980. The summed E-state index contributed by atoms with van der Waals surface area (Å²) in [5.41, 5.74) is -0.441. The molecule has 676 valence electrons. The molecule has 18 atom stereocenters. The van der Waals surface area contributed by atoms with Crippen molar-refractivity contribution in [3.05, 3.63) is 0 Å². The minimum Gasteiger partial charge on any atom is -0.394 e. The van der Waals surface area contributed by atoms with Crippen LogP contribution < -0.4 is 58.5 Å². The summed E-state index contributed by atoms with van der Waals surface area (Å²) < 4.78 is 67.6. The van der Waals surface area contributed by atoms with Gasteiger partial charge < -0.3 is 157 Å². The lowest BCUT2D eigenvalue weighted by molar-refractivity contribution is -0.272. The van der Waals surface area contributed by atoms with Gasteiger partial charge in [0.05, 0.1) is 79.3 Å². The van der Waals surface area contributed by atoms with Crippen LogP contribution in [0.1, 0.15) is 157 Å². The Morgan fingerprint density at radius 3 is 1.01 bits per heavy atom. The third-order valence-corrected chi connectivity index (χ3v) is 20.9. The van der Waals surface area contributed by atoms with Gasteiger partial charge in [-0.25, -0.2) is 0 Å². The van der Waals surface area contributed by atoms with Gasteiger partial charge in [0, 0.05) is 111 Å². The quantitative estimate of drug-likeness (QED) is 0.0199. The lowest BCUT2D eigenvalue weighted by atomic mass is 9.97. The molecule has 16 unspecified atom stereocenters. The molecule has 0 saturated carbocycles. The Hall–Kier alpha value is -6.40. The Labute approximate surface area is 681 Å². The van der Waals surface area contributed by atoms with Crippen LogP contribution in [0.5, 0.6) is 0 Å². The first-order valence-electron chi connectivity index (χ1n) is 40.2. The third-order valence-electron chi connectivity index (χ3n) is 18.8. The number of amides is 11. The van der Waals surface area contributed by atoms with Crippen molar-refractivity contribution in [2.45, 2.75) is 266 Å². The fraction of sp³-hybridized carbons (Fsp3) is 0.849. The number of hydrogen-bond donors (Lipinski definition) is 21. The van der Waals surface area contributed by atoms with Gasteiger partial charge in [0.1, 0.15) is 91.5 Å². The maximum atomic E-state index is 14.4. The van der Waals surface area contributed by atoms with Gasteiger partial charge in [0.2, 0.25) is 72.3 Å². The molecule has 3 rings (SSSR count). The zero-order chi connectivity index (χ0) is 86.7. The van der Waals surface area contributed by atoms with E-state index in [0.29, 0.717) is 44.9 Å². The summed E-state index contributed by atoms with van der Waals surface area (Å²) in [5.74, 6) is -5.13. The van der Waals surface area contributed by atoms with Gasteiger partial charge in [0.15, 0.2) is 18.9 Å². The molecule has 0 aromatic carbocycles. The number of ether oxygens (including phenoxy) is 10. The molecule has 0 spiro atoms. The zero-order valence-corrected chi connectivity index (χ0v) is 68.8. The molecule has 43 nitrogen and oxygen atoms in total. The van der Waals surface area contributed by atoms with E-state index in [1.54, 1.807) is 13.8 Å². The first-order valence-corrected chi connectivity index (χ1v) is 42.1. The van der Waals surface area contributed by atoms with Crippen LogP contribution in [-0.2, 0) is 105 Å². The molecule has 21 N–H and O–H groups in total. The average Bonchev–Trinajstić information content (AvgIpc) is 0.818. The maximum Gasteiger partial charge on any atom is 0.243 e. The van der Waals surface area contributed by atoms with E-state index in [-0.39, 0.29) is 212 Å². The van der Waals surface area contributed by atoms with Gasteiger partial charge in [-0.05, 0) is 70.6 Å². The molecule has 0 radical (unpaired) electrons. The molecule has 3 heterocycles. The van der Waals surface area contributed by atoms with E-state index >= 15 is 0 Å². The van der Waals surface area contributed by atoms with Crippen LogP contribution in [-0.4, -0.2) is 357 Å². The van der Waals surface area contributed by atoms with Crippen LogP contribution >= 0.6 is 7.37 Å². The van der Waals surface area contributed by atoms with Gasteiger partial charge in [-0.2, -0.15) is 0 Å². The van der Waals surface area contributed by atoms with E-state index in [9.17, 15) is 108 Å². The van der Waals surface area contributed by atoms with Crippen molar-refractivity contribution in [1.82, 2.24) is 58.5 Å². The molecule has 0 aromatic rings. The lowest BCUT2D eigenvalue weighted by Crippen LogP contribution is -2.64. The molecular formula is C73H132N11O32P. The number of aliphatic hydroxyl groups excluding tert-OH is 9. The largest absolute Gasteiger partial charge is 0.394 e. The van der Waals surface area contributed by atoms with Crippen molar-refractivity contribution in [3.63, 3.8) is 0 Å². The number of hydrogen-bond acceptors (Lipinski definition) is 31. The summed E-state index contributed by atoms with van der Waals surface area (Å²) in [6, 6.07) is -5.71. The van der Waals surface area contributed by atoms with Gasteiger partial charge in [-0.15, -0.1) is 0 Å². The summed E-state index contributed by atoms with van der Waals surface area (Å²) >= 11 is 0. The molecule has 3 aliphatic heterocycles. The maximum absolute atomic E-state index is 14.4. The van der Waals surface area contributed by atoms with Crippen molar-refractivity contribution in [2.24, 2.45) is 0 Å². The first kappa shape index (κ1) is 105. The Morgan fingerprint density at radius 2 is 0.667 bits per heavy atom. The number of unbranched alkanes of at least 4 members (excludes halogenated alkanes) is 5. The highest BCUT2D eigenvalue weighted by atomic mass is 31.2. The van der Waals surface area contributed by atoms with Crippen LogP contribution in [0.4, 0.5) is 0 Å². The van der Waals surface area contributed by atoms with E-state index in [2.05, 4.69) is 58.5 Å². The predicted molar refractivity (Wildman–Crippen MR) is 412 cm³/mol. The molecule has 0 bridgehead atoms. The van der Waals surface area contributed by atoms with Gasteiger partial charge in [-0.3, -0.25) is 57.3 Å². The monoisotopic (exact) mass is 1710 g/mol. The van der Waals surface area contributed by atoms with Crippen molar-refractivity contribution >= 4 is 72.3 Å². The topological polar surface area (TPSA) is 632 Å². The predicted octanol–water partition coefficient (Wildman–Crippen LogP) is -6.35. The van der Waals surface area contributed by atoms with Crippen LogP contribution in [0.3, 0.4) is 0 Å². The Kier molecular flexibility index (Phi) is 53.9. The molecule has 11 amide bonds. The SMILES string of the molecule is CC(=O)NC1C(OCCOCCNC(=O)CCCC(=O)NCCCC[C@H](NC(=O)CCCC(=O)NCCOCCOC2OC(CO)C(O)C(O)C2NC(C)=O)C(=O)N[C@@H](CCCCNC(=O)CCCC(=O)NCCOCCOC2OC(CO)C(O)C(O)C2NC(C)=O)C(=O)NCCCCCCOCP(=O)(O)C(C)C)OC(CO)C(O)C1O. The smallest absolute Gasteiger partial charge is 0.243 e. The van der Waals surface area contributed by atoms with Gasteiger partial charge >= 0.3 is 0 Å². The van der Waals surface area contributed by atoms with Crippen molar-refractivity contribution in [2.75, 3.05) is 132 Å². The van der Waals surface area contributed by atoms with Crippen molar-refractivity contribution in [1.29, 1.82) is 0 Å². The second kappa shape index (κ2) is 60.1. The summed E-state index contributed by atoms with van der Waals surface area (Å²) in [7, 11) is -3.43. The molecule has 0 aliphatic carbocycles. The highest BCUT2D eigenvalue weighted by Crippen LogP contribution is 2.45. The minimum atomic E-state index is -3.43. The molecule has 3 aliphatic rings. The third kappa shape index (κ3) is 43.6. The normalized spacial score (nSPS) is 24.2. The Balaban J connectivity index is 1.55. The number of aliphatic hydroxyl groups is 9. The fourth-order valence-corrected chi connectivity index (χ4v) is 12.8.